The average Bonchev–Trinajstić information content (AvgIpc) is 3.12. The minimum Gasteiger partial charge on any atom is -0.486 e. The Bertz CT molecular complexity index is 994. The molecule has 150 valence electrons. The SMILES string of the molecule is CC(NC(=O)OCc1ccccc1)C(=O)Nc1nc2cc3c(cc2s1)OCCO3. The van der Waals surface area contributed by atoms with Crippen LogP contribution in [0.25, 0.3) is 10.2 Å². The van der Waals surface area contributed by atoms with Crippen LogP contribution >= 0.6 is 11.3 Å². The number of alkyl carbamates (subject to hydrolysis) is 1. The molecular formula is C20H19N3O5S. The first kappa shape index (κ1) is 19.0. The highest BCUT2D eigenvalue weighted by molar-refractivity contribution is 7.22. The number of carbonyl (C=O) groups is 2. The molecule has 3 aromatic rings. The molecular weight excluding hydrogens is 394 g/mol. The van der Waals surface area contributed by atoms with Crippen LogP contribution in [0.4, 0.5) is 9.93 Å². The monoisotopic (exact) mass is 413 g/mol. The zero-order valence-corrected chi connectivity index (χ0v) is 16.5. The van der Waals surface area contributed by atoms with Gasteiger partial charge in [-0.25, -0.2) is 9.78 Å². The molecule has 4 rings (SSSR count). The number of nitrogens with zero attached hydrogens (tertiary/aromatic N) is 1. The smallest absolute Gasteiger partial charge is 0.408 e. The van der Waals surface area contributed by atoms with Gasteiger partial charge in [0, 0.05) is 12.1 Å². The molecule has 8 nitrogen and oxygen atoms in total. The van der Waals surface area contributed by atoms with E-state index in [4.69, 9.17) is 14.2 Å². The predicted octanol–water partition coefficient (Wildman–Crippen LogP) is 3.32. The summed E-state index contributed by atoms with van der Waals surface area (Å²) in [6.45, 7) is 2.71. The second-order valence-corrected chi connectivity index (χ2v) is 7.43. The molecule has 0 saturated carbocycles. The molecule has 9 heteroatoms. The van der Waals surface area contributed by atoms with Crippen molar-refractivity contribution in [2.45, 2.75) is 19.6 Å². The van der Waals surface area contributed by atoms with Crippen LogP contribution in [-0.2, 0) is 16.1 Å². The topological polar surface area (TPSA) is 98.8 Å². The first-order chi connectivity index (χ1) is 14.1. The number of hydrogen-bond donors (Lipinski definition) is 2. The van der Waals surface area contributed by atoms with Crippen LogP contribution < -0.4 is 20.1 Å². The van der Waals surface area contributed by atoms with Crippen LogP contribution in [0.5, 0.6) is 11.5 Å². The molecule has 0 aliphatic carbocycles. The summed E-state index contributed by atoms with van der Waals surface area (Å²) in [4.78, 5) is 28.7. The summed E-state index contributed by atoms with van der Waals surface area (Å²) in [6, 6.07) is 12.2. The fourth-order valence-corrected chi connectivity index (χ4v) is 3.62. The van der Waals surface area contributed by atoms with Crippen molar-refractivity contribution in [2.75, 3.05) is 18.5 Å². The average molecular weight is 413 g/mol. The van der Waals surface area contributed by atoms with Gasteiger partial charge in [-0.05, 0) is 12.5 Å². The Morgan fingerprint density at radius 3 is 2.66 bits per heavy atom. The number of fused-ring (bicyclic) bond motifs is 2. The molecule has 1 atom stereocenters. The van der Waals surface area contributed by atoms with Crippen molar-refractivity contribution in [1.82, 2.24) is 10.3 Å². The Kier molecular flexibility index (Phi) is 5.48. The van der Waals surface area contributed by atoms with E-state index in [0.29, 0.717) is 35.4 Å². The van der Waals surface area contributed by atoms with Gasteiger partial charge in [-0.3, -0.25) is 4.79 Å². The first-order valence-electron chi connectivity index (χ1n) is 9.07. The first-order valence-corrected chi connectivity index (χ1v) is 9.88. The van der Waals surface area contributed by atoms with Crippen molar-refractivity contribution in [1.29, 1.82) is 0 Å². The number of aromatic nitrogens is 1. The van der Waals surface area contributed by atoms with Crippen molar-refractivity contribution in [3.8, 4) is 11.5 Å². The van der Waals surface area contributed by atoms with Gasteiger partial charge in [-0.1, -0.05) is 41.7 Å². The summed E-state index contributed by atoms with van der Waals surface area (Å²) in [5, 5.41) is 5.66. The summed E-state index contributed by atoms with van der Waals surface area (Å²) < 4.78 is 17.1. The number of hydrogen-bond acceptors (Lipinski definition) is 7. The van der Waals surface area contributed by atoms with Gasteiger partial charge in [0.2, 0.25) is 5.91 Å². The normalized spacial score (nSPS) is 13.6. The molecule has 2 N–H and O–H groups in total. The van der Waals surface area contributed by atoms with Crippen LogP contribution in [0.2, 0.25) is 0 Å². The number of benzene rings is 2. The number of amides is 2. The predicted molar refractivity (Wildman–Crippen MR) is 108 cm³/mol. The van der Waals surface area contributed by atoms with E-state index >= 15 is 0 Å². The minimum atomic E-state index is -0.787. The maximum absolute atomic E-state index is 12.4. The lowest BCUT2D eigenvalue weighted by Crippen LogP contribution is -2.41. The second-order valence-electron chi connectivity index (χ2n) is 6.40. The van der Waals surface area contributed by atoms with Crippen LogP contribution in [0.15, 0.2) is 42.5 Å². The summed E-state index contributed by atoms with van der Waals surface area (Å²) in [6.07, 6.45) is -0.664. The van der Waals surface area contributed by atoms with Gasteiger partial charge in [0.1, 0.15) is 25.9 Å². The molecule has 2 heterocycles. The maximum Gasteiger partial charge on any atom is 0.408 e. The Morgan fingerprint density at radius 1 is 1.17 bits per heavy atom. The van der Waals surface area contributed by atoms with E-state index in [-0.39, 0.29) is 6.61 Å². The highest BCUT2D eigenvalue weighted by Crippen LogP contribution is 2.37. The minimum absolute atomic E-state index is 0.133. The van der Waals surface area contributed by atoms with Crippen molar-refractivity contribution in [3.05, 3.63) is 48.0 Å². The van der Waals surface area contributed by atoms with E-state index in [1.54, 1.807) is 13.0 Å². The van der Waals surface area contributed by atoms with Crippen molar-refractivity contribution < 1.29 is 23.8 Å². The molecule has 0 bridgehead atoms. The molecule has 2 aromatic carbocycles. The fraction of sp³-hybridized carbons (Fsp3) is 0.250. The number of rotatable bonds is 5. The number of carbonyl (C=O) groups excluding carboxylic acids is 2. The van der Waals surface area contributed by atoms with Crippen LogP contribution in [0.3, 0.4) is 0 Å². The number of anilines is 1. The van der Waals surface area contributed by atoms with Crippen molar-refractivity contribution in [3.63, 3.8) is 0 Å². The zero-order valence-electron chi connectivity index (χ0n) is 15.6. The lowest BCUT2D eigenvalue weighted by atomic mass is 10.2. The standard InChI is InChI=1S/C20H19N3O5S/c1-12(21-20(25)28-11-13-5-3-2-4-6-13)18(24)23-19-22-14-9-15-16(10-17(14)29-19)27-8-7-26-15/h2-6,9-10,12H,7-8,11H2,1H3,(H,21,25)(H,22,23,24). The van der Waals surface area contributed by atoms with Crippen molar-refractivity contribution in [2.24, 2.45) is 0 Å². The Morgan fingerprint density at radius 2 is 1.90 bits per heavy atom. The molecule has 0 saturated heterocycles. The molecule has 1 aromatic heterocycles. The highest BCUT2D eigenvalue weighted by Gasteiger charge is 2.19. The summed E-state index contributed by atoms with van der Waals surface area (Å²) >= 11 is 1.32. The van der Waals surface area contributed by atoms with E-state index in [0.717, 1.165) is 10.3 Å². The molecule has 0 radical (unpaired) electrons. The summed E-state index contributed by atoms with van der Waals surface area (Å²) in [7, 11) is 0. The van der Waals surface area contributed by atoms with Crippen LogP contribution in [0.1, 0.15) is 12.5 Å². The molecule has 1 unspecified atom stereocenters. The second kappa shape index (κ2) is 8.36. The van der Waals surface area contributed by atoms with Crippen molar-refractivity contribution >= 4 is 38.7 Å². The quantitative estimate of drug-likeness (QED) is 0.666. The zero-order chi connectivity index (χ0) is 20.2. The Hall–Kier alpha value is -3.33. The molecule has 29 heavy (non-hydrogen) atoms. The Balaban J connectivity index is 1.34. The van der Waals surface area contributed by atoms with Crippen LogP contribution in [-0.4, -0.2) is 36.2 Å². The van der Waals surface area contributed by atoms with E-state index in [9.17, 15) is 9.59 Å². The van der Waals surface area contributed by atoms with E-state index in [2.05, 4.69) is 15.6 Å². The number of thiazole rings is 1. The fourth-order valence-electron chi connectivity index (χ4n) is 2.74. The van der Waals surface area contributed by atoms with Gasteiger partial charge in [0.15, 0.2) is 16.6 Å². The summed E-state index contributed by atoms with van der Waals surface area (Å²) in [5.41, 5.74) is 1.57. The van der Waals surface area contributed by atoms with Gasteiger partial charge in [-0.2, -0.15) is 0 Å². The lowest BCUT2D eigenvalue weighted by Gasteiger charge is -2.17. The number of ether oxygens (including phenoxy) is 3. The third kappa shape index (κ3) is 4.57. The van der Waals surface area contributed by atoms with Gasteiger partial charge in [0.05, 0.1) is 10.2 Å². The lowest BCUT2D eigenvalue weighted by molar-refractivity contribution is -0.117. The molecule has 0 spiro atoms. The molecule has 1 aliphatic rings. The van der Waals surface area contributed by atoms with Gasteiger partial charge >= 0.3 is 6.09 Å². The third-order valence-corrected chi connectivity index (χ3v) is 5.16. The summed E-state index contributed by atoms with van der Waals surface area (Å²) in [5.74, 6) is 0.919. The third-order valence-electron chi connectivity index (χ3n) is 4.22. The molecule has 1 aliphatic heterocycles. The van der Waals surface area contributed by atoms with Gasteiger partial charge in [-0.15, -0.1) is 0 Å². The van der Waals surface area contributed by atoms with E-state index in [1.807, 2.05) is 36.4 Å². The van der Waals surface area contributed by atoms with E-state index in [1.165, 1.54) is 11.3 Å². The van der Waals surface area contributed by atoms with Gasteiger partial charge in [0.25, 0.3) is 0 Å². The highest BCUT2D eigenvalue weighted by atomic mass is 32.1. The maximum atomic E-state index is 12.4. The Labute approximate surface area is 170 Å². The van der Waals surface area contributed by atoms with E-state index < -0.39 is 18.0 Å². The van der Waals surface area contributed by atoms with Gasteiger partial charge < -0.3 is 24.8 Å². The molecule has 0 fully saturated rings. The molecule has 2 amide bonds. The largest absolute Gasteiger partial charge is 0.486 e. The van der Waals surface area contributed by atoms with Crippen LogP contribution in [0, 0.1) is 0 Å². The number of nitrogens with one attached hydrogen (secondary N) is 2.